The van der Waals surface area contributed by atoms with Gasteiger partial charge < -0.3 is 20.4 Å². The minimum absolute atomic E-state index is 0. The van der Waals surface area contributed by atoms with Crippen LogP contribution >= 0.6 is 12.4 Å². The van der Waals surface area contributed by atoms with Gasteiger partial charge in [-0.1, -0.05) is 6.92 Å². The standard InChI is InChI=1S/C18H20FN3O3.ClH/c1-10(12-8-20-9-12)17(23)21-13-3-4-15(19)16(7-13)22-18(24)14-5-6-25-11(14)2;/h3-7,10,12,20H,8-9H2,1-2H3,(H,21,23)(H,22,24);1H. The van der Waals surface area contributed by atoms with Crippen LogP contribution < -0.4 is 16.0 Å². The number of carbonyl (C=O) groups excluding carboxylic acids is 2. The van der Waals surface area contributed by atoms with E-state index in [0.29, 0.717) is 22.9 Å². The summed E-state index contributed by atoms with van der Waals surface area (Å²) in [6.45, 7) is 5.17. The van der Waals surface area contributed by atoms with Crippen LogP contribution in [-0.2, 0) is 4.79 Å². The summed E-state index contributed by atoms with van der Waals surface area (Å²) in [6.07, 6.45) is 1.40. The predicted molar refractivity (Wildman–Crippen MR) is 99.2 cm³/mol. The summed E-state index contributed by atoms with van der Waals surface area (Å²) in [5.74, 6) is -0.556. The molecule has 1 aromatic heterocycles. The third-order valence-electron chi connectivity index (χ3n) is 4.52. The average molecular weight is 382 g/mol. The van der Waals surface area contributed by atoms with Gasteiger partial charge in [-0.25, -0.2) is 4.39 Å². The molecule has 0 aliphatic carbocycles. The van der Waals surface area contributed by atoms with E-state index in [-0.39, 0.29) is 29.9 Å². The molecule has 1 unspecified atom stereocenters. The van der Waals surface area contributed by atoms with Crippen molar-refractivity contribution in [1.29, 1.82) is 0 Å². The molecule has 26 heavy (non-hydrogen) atoms. The van der Waals surface area contributed by atoms with Gasteiger partial charge in [0.2, 0.25) is 5.91 Å². The van der Waals surface area contributed by atoms with Gasteiger partial charge >= 0.3 is 0 Å². The van der Waals surface area contributed by atoms with Gasteiger partial charge in [0, 0.05) is 11.6 Å². The average Bonchev–Trinajstić information content (AvgIpc) is 2.95. The molecule has 1 atom stereocenters. The van der Waals surface area contributed by atoms with E-state index in [2.05, 4.69) is 16.0 Å². The van der Waals surface area contributed by atoms with Crippen molar-refractivity contribution in [2.24, 2.45) is 11.8 Å². The van der Waals surface area contributed by atoms with Gasteiger partial charge in [-0.05, 0) is 50.2 Å². The summed E-state index contributed by atoms with van der Waals surface area (Å²) >= 11 is 0. The highest BCUT2D eigenvalue weighted by atomic mass is 35.5. The number of nitrogens with one attached hydrogen (secondary N) is 3. The van der Waals surface area contributed by atoms with Crippen LogP contribution in [0.4, 0.5) is 15.8 Å². The molecule has 1 fully saturated rings. The zero-order valence-electron chi connectivity index (χ0n) is 14.5. The molecule has 3 rings (SSSR count). The topological polar surface area (TPSA) is 83.4 Å². The Bertz CT molecular complexity index is 805. The van der Waals surface area contributed by atoms with Crippen LogP contribution in [0.1, 0.15) is 23.0 Å². The third-order valence-corrected chi connectivity index (χ3v) is 4.52. The number of aryl methyl sites for hydroxylation is 1. The molecule has 8 heteroatoms. The minimum atomic E-state index is -0.580. The zero-order chi connectivity index (χ0) is 18.0. The monoisotopic (exact) mass is 381 g/mol. The van der Waals surface area contributed by atoms with Gasteiger partial charge in [0.05, 0.1) is 17.5 Å². The highest BCUT2D eigenvalue weighted by Gasteiger charge is 2.28. The highest BCUT2D eigenvalue weighted by Crippen LogP contribution is 2.23. The van der Waals surface area contributed by atoms with Gasteiger partial charge in [-0.3, -0.25) is 9.59 Å². The molecular weight excluding hydrogens is 361 g/mol. The van der Waals surface area contributed by atoms with E-state index in [4.69, 9.17) is 4.42 Å². The third kappa shape index (κ3) is 4.23. The summed E-state index contributed by atoms with van der Waals surface area (Å²) < 4.78 is 19.1. The van der Waals surface area contributed by atoms with E-state index in [1.165, 1.54) is 30.5 Å². The van der Waals surface area contributed by atoms with E-state index in [0.717, 1.165) is 13.1 Å². The second-order valence-electron chi connectivity index (χ2n) is 6.24. The zero-order valence-corrected chi connectivity index (χ0v) is 15.3. The molecule has 1 saturated heterocycles. The summed E-state index contributed by atoms with van der Waals surface area (Å²) in [6, 6.07) is 5.61. The number of carbonyl (C=O) groups is 2. The summed E-state index contributed by atoms with van der Waals surface area (Å²) in [5, 5.41) is 8.41. The number of furan rings is 1. The fourth-order valence-electron chi connectivity index (χ4n) is 2.64. The van der Waals surface area contributed by atoms with Crippen LogP contribution in [0.25, 0.3) is 0 Å². The lowest BCUT2D eigenvalue weighted by molar-refractivity contribution is -0.121. The van der Waals surface area contributed by atoms with Gasteiger partial charge in [0.15, 0.2) is 0 Å². The Morgan fingerprint density at radius 3 is 2.58 bits per heavy atom. The molecule has 140 valence electrons. The van der Waals surface area contributed by atoms with Crippen molar-refractivity contribution in [3.63, 3.8) is 0 Å². The first-order valence-corrected chi connectivity index (χ1v) is 8.12. The van der Waals surface area contributed by atoms with Crippen LogP contribution in [0.3, 0.4) is 0 Å². The lowest BCUT2D eigenvalue weighted by Crippen LogP contribution is -2.48. The van der Waals surface area contributed by atoms with Crippen molar-refractivity contribution in [1.82, 2.24) is 5.32 Å². The second-order valence-corrected chi connectivity index (χ2v) is 6.24. The Morgan fingerprint density at radius 2 is 2.00 bits per heavy atom. The van der Waals surface area contributed by atoms with Gasteiger partial charge in [0.1, 0.15) is 11.6 Å². The molecule has 2 aromatic rings. The summed E-state index contributed by atoms with van der Waals surface area (Å²) in [7, 11) is 0. The van der Waals surface area contributed by atoms with Crippen molar-refractivity contribution in [2.45, 2.75) is 13.8 Å². The van der Waals surface area contributed by atoms with E-state index < -0.39 is 11.7 Å². The van der Waals surface area contributed by atoms with E-state index >= 15 is 0 Å². The van der Waals surface area contributed by atoms with E-state index in [9.17, 15) is 14.0 Å². The molecule has 1 aromatic carbocycles. The van der Waals surface area contributed by atoms with E-state index in [1.807, 2.05) is 6.92 Å². The number of amides is 2. The molecule has 0 bridgehead atoms. The highest BCUT2D eigenvalue weighted by molar-refractivity contribution is 6.05. The van der Waals surface area contributed by atoms with Crippen LogP contribution in [-0.4, -0.2) is 24.9 Å². The molecule has 1 aliphatic heterocycles. The molecule has 3 N–H and O–H groups in total. The fraction of sp³-hybridized carbons (Fsp3) is 0.333. The minimum Gasteiger partial charge on any atom is -0.469 e. The maximum atomic E-state index is 14.0. The number of anilines is 2. The number of benzene rings is 1. The maximum Gasteiger partial charge on any atom is 0.259 e. The van der Waals surface area contributed by atoms with Crippen LogP contribution in [0, 0.1) is 24.6 Å². The van der Waals surface area contributed by atoms with Crippen molar-refractivity contribution in [2.75, 3.05) is 23.7 Å². The number of hydrogen-bond donors (Lipinski definition) is 3. The summed E-state index contributed by atoms with van der Waals surface area (Å²) in [4.78, 5) is 24.5. The first-order chi connectivity index (χ1) is 12.0. The Kier molecular flexibility index (Phi) is 6.39. The fourth-order valence-corrected chi connectivity index (χ4v) is 2.64. The number of halogens is 2. The smallest absolute Gasteiger partial charge is 0.259 e. The molecular formula is C18H21ClFN3O3. The Morgan fingerprint density at radius 1 is 1.27 bits per heavy atom. The van der Waals surface area contributed by atoms with Gasteiger partial charge in [0.25, 0.3) is 5.91 Å². The quantitative estimate of drug-likeness (QED) is 0.742. The van der Waals surface area contributed by atoms with Crippen molar-refractivity contribution < 1.29 is 18.4 Å². The number of hydrogen-bond acceptors (Lipinski definition) is 4. The van der Waals surface area contributed by atoms with Crippen molar-refractivity contribution in [3.8, 4) is 0 Å². The largest absolute Gasteiger partial charge is 0.469 e. The molecule has 2 amide bonds. The Hall–Kier alpha value is -2.38. The van der Waals surface area contributed by atoms with Gasteiger partial charge in [-0.2, -0.15) is 0 Å². The maximum absolute atomic E-state index is 14.0. The van der Waals surface area contributed by atoms with Crippen molar-refractivity contribution >= 4 is 35.6 Å². The van der Waals surface area contributed by atoms with E-state index in [1.54, 1.807) is 6.92 Å². The SMILES string of the molecule is Cc1occc1C(=O)Nc1cc(NC(=O)C(C)C2CNC2)ccc1F.Cl. The second kappa shape index (κ2) is 8.33. The van der Waals surface area contributed by atoms with Gasteiger partial charge in [-0.15, -0.1) is 12.4 Å². The molecule has 6 nitrogen and oxygen atoms in total. The predicted octanol–water partition coefficient (Wildman–Crippen LogP) is 3.20. The lowest BCUT2D eigenvalue weighted by Gasteiger charge is -2.31. The normalized spacial score (nSPS) is 14.7. The number of rotatable bonds is 5. The molecule has 0 saturated carbocycles. The molecule has 2 heterocycles. The van der Waals surface area contributed by atoms with Crippen molar-refractivity contribution in [3.05, 3.63) is 47.7 Å². The van der Waals surface area contributed by atoms with Crippen LogP contribution in [0.5, 0.6) is 0 Å². The molecule has 1 aliphatic rings. The lowest BCUT2D eigenvalue weighted by atomic mass is 9.88. The first-order valence-electron chi connectivity index (χ1n) is 8.12. The Balaban J connectivity index is 0.00000243. The Labute approximate surface area is 156 Å². The van der Waals surface area contributed by atoms with Crippen LogP contribution in [0.2, 0.25) is 0 Å². The molecule has 0 radical (unpaired) electrons. The molecule has 0 spiro atoms. The van der Waals surface area contributed by atoms with Crippen LogP contribution in [0.15, 0.2) is 34.9 Å². The summed E-state index contributed by atoms with van der Waals surface area (Å²) in [5.41, 5.74) is 0.769. The first kappa shape index (κ1) is 19.9.